The predicted molar refractivity (Wildman–Crippen MR) is 61.4 cm³/mol. The first kappa shape index (κ1) is 10.2. The molecule has 0 atom stereocenters. The summed E-state index contributed by atoms with van der Waals surface area (Å²) >= 11 is 0.264. The number of aryl methyl sites for hydroxylation is 1. The summed E-state index contributed by atoms with van der Waals surface area (Å²) in [5, 5.41) is 0. The largest absolute Gasteiger partial charge is 0.256 e. The Morgan fingerprint density at radius 3 is 2.73 bits per heavy atom. The van der Waals surface area contributed by atoms with E-state index in [1.165, 1.54) is 0 Å². The highest BCUT2D eigenvalue weighted by atomic mass is 32.2. The summed E-state index contributed by atoms with van der Waals surface area (Å²) in [7, 11) is 0. The molecule has 15 heavy (non-hydrogen) atoms. The van der Waals surface area contributed by atoms with Crippen molar-refractivity contribution in [2.45, 2.75) is 11.8 Å². The van der Waals surface area contributed by atoms with E-state index in [2.05, 4.69) is 4.98 Å². The SMILES string of the molecule is Cc1ccc(-c2ccccn2)c(SF)c1. The van der Waals surface area contributed by atoms with Gasteiger partial charge >= 0.3 is 0 Å². The van der Waals surface area contributed by atoms with Crippen molar-refractivity contribution in [1.29, 1.82) is 0 Å². The average molecular weight is 219 g/mol. The smallest absolute Gasteiger partial charge is 0.0819 e. The molecule has 0 spiro atoms. The van der Waals surface area contributed by atoms with Gasteiger partial charge in [0.25, 0.3) is 0 Å². The molecule has 1 heterocycles. The molecule has 0 fully saturated rings. The van der Waals surface area contributed by atoms with E-state index in [9.17, 15) is 3.89 Å². The minimum Gasteiger partial charge on any atom is -0.256 e. The number of benzene rings is 1. The minimum atomic E-state index is 0.264. The highest BCUT2D eigenvalue weighted by Gasteiger charge is 2.06. The zero-order chi connectivity index (χ0) is 10.7. The summed E-state index contributed by atoms with van der Waals surface area (Å²) in [6.45, 7) is 1.95. The average Bonchev–Trinajstić information content (AvgIpc) is 2.30. The number of nitrogens with zero attached hydrogens (tertiary/aromatic N) is 1. The standard InChI is InChI=1S/C12H10FNS/c1-9-5-6-10(12(8-9)15-13)11-4-2-3-7-14-11/h2-8H,1H3. The molecule has 1 aromatic heterocycles. The summed E-state index contributed by atoms with van der Waals surface area (Å²) in [6.07, 6.45) is 1.71. The number of aromatic nitrogens is 1. The molecule has 2 rings (SSSR count). The highest BCUT2D eigenvalue weighted by Crippen LogP contribution is 2.31. The molecule has 0 saturated heterocycles. The Balaban J connectivity index is 2.53. The third-order valence-electron chi connectivity index (χ3n) is 2.16. The molecule has 1 nitrogen and oxygen atoms in total. The molecule has 0 radical (unpaired) electrons. The van der Waals surface area contributed by atoms with Gasteiger partial charge in [-0.1, -0.05) is 18.2 Å². The second-order valence-corrected chi connectivity index (χ2v) is 3.89. The number of hydrogen-bond donors (Lipinski definition) is 0. The van der Waals surface area contributed by atoms with Gasteiger partial charge in [-0.2, -0.15) is 3.89 Å². The topological polar surface area (TPSA) is 12.9 Å². The van der Waals surface area contributed by atoms with Crippen molar-refractivity contribution in [3.05, 3.63) is 48.2 Å². The molecular formula is C12H10FNS. The Bertz CT molecular complexity index is 456. The van der Waals surface area contributed by atoms with Crippen LogP contribution in [0, 0.1) is 6.92 Å². The first-order valence-corrected chi connectivity index (χ1v) is 5.33. The van der Waals surface area contributed by atoms with Crippen LogP contribution < -0.4 is 0 Å². The van der Waals surface area contributed by atoms with Gasteiger partial charge in [-0.05, 0) is 30.7 Å². The molecule has 0 amide bonds. The van der Waals surface area contributed by atoms with Gasteiger partial charge in [0.2, 0.25) is 0 Å². The van der Waals surface area contributed by atoms with E-state index in [1.807, 2.05) is 43.3 Å². The maximum Gasteiger partial charge on any atom is 0.0819 e. The molecule has 0 N–H and O–H groups in total. The number of halogens is 1. The van der Waals surface area contributed by atoms with Gasteiger partial charge in [-0.25, -0.2) is 0 Å². The van der Waals surface area contributed by atoms with Gasteiger partial charge in [0.1, 0.15) is 0 Å². The Labute approximate surface area is 92.7 Å². The summed E-state index contributed by atoms with van der Waals surface area (Å²) in [5.74, 6) is 0. The van der Waals surface area contributed by atoms with Crippen molar-refractivity contribution in [3.63, 3.8) is 0 Å². The summed E-state index contributed by atoms with van der Waals surface area (Å²) < 4.78 is 12.7. The van der Waals surface area contributed by atoms with Crippen LogP contribution in [0.25, 0.3) is 11.3 Å². The predicted octanol–water partition coefficient (Wildman–Crippen LogP) is 4.03. The van der Waals surface area contributed by atoms with Crippen LogP contribution in [0.15, 0.2) is 47.5 Å². The third-order valence-corrected chi connectivity index (χ3v) is 2.67. The monoisotopic (exact) mass is 219 g/mol. The van der Waals surface area contributed by atoms with E-state index in [-0.39, 0.29) is 12.1 Å². The van der Waals surface area contributed by atoms with Crippen molar-refractivity contribution in [1.82, 2.24) is 4.98 Å². The van der Waals surface area contributed by atoms with Crippen LogP contribution in [0.1, 0.15) is 5.56 Å². The van der Waals surface area contributed by atoms with E-state index >= 15 is 0 Å². The zero-order valence-corrected chi connectivity index (χ0v) is 9.09. The molecular weight excluding hydrogens is 209 g/mol. The highest BCUT2D eigenvalue weighted by molar-refractivity contribution is 7.94. The van der Waals surface area contributed by atoms with Crippen molar-refractivity contribution < 1.29 is 3.89 Å². The van der Waals surface area contributed by atoms with Crippen molar-refractivity contribution in [2.24, 2.45) is 0 Å². The lowest BCUT2D eigenvalue weighted by Crippen LogP contribution is -1.85. The molecule has 76 valence electrons. The lowest BCUT2D eigenvalue weighted by Gasteiger charge is -2.05. The summed E-state index contributed by atoms with van der Waals surface area (Å²) in [4.78, 5) is 4.83. The van der Waals surface area contributed by atoms with Gasteiger partial charge in [0, 0.05) is 11.8 Å². The summed E-state index contributed by atoms with van der Waals surface area (Å²) in [5.41, 5.74) is 2.70. The number of hydrogen-bond acceptors (Lipinski definition) is 2. The second-order valence-electron chi connectivity index (χ2n) is 3.29. The van der Waals surface area contributed by atoms with Gasteiger partial charge in [-0.15, -0.1) is 0 Å². The molecule has 0 unspecified atom stereocenters. The molecule has 1 aromatic carbocycles. The van der Waals surface area contributed by atoms with Gasteiger partial charge in [0.15, 0.2) is 0 Å². The second kappa shape index (κ2) is 4.45. The van der Waals surface area contributed by atoms with E-state index in [1.54, 1.807) is 6.20 Å². The molecule has 2 aromatic rings. The van der Waals surface area contributed by atoms with Gasteiger partial charge in [0.05, 0.1) is 22.7 Å². The van der Waals surface area contributed by atoms with Gasteiger partial charge in [-0.3, -0.25) is 4.98 Å². The fourth-order valence-electron chi connectivity index (χ4n) is 1.43. The van der Waals surface area contributed by atoms with Crippen molar-refractivity contribution >= 4 is 12.1 Å². The van der Waals surface area contributed by atoms with Crippen LogP contribution in [0.4, 0.5) is 3.89 Å². The lowest BCUT2D eigenvalue weighted by molar-refractivity contribution is 0.934. The Morgan fingerprint density at radius 2 is 2.07 bits per heavy atom. The van der Waals surface area contributed by atoms with Crippen molar-refractivity contribution in [2.75, 3.05) is 0 Å². The van der Waals surface area contributed by atoms with E-state index in [0.29, 0.717) is 4.90 Å². The summed E-state index contributed by atoms with van der Waals surface area (Å²) in [6, 6.07) is 11.3. The lowest BCUT2D eigenvalue weighted by atomic mass is 10.1. The molecule has 0 aliphatic heterocycles. The quantitative estimate of drug-likeness (QED) is 0.756. The Kier molecular flexibility index (Phi) is 3.02. The Hall–Kier alpha value is -1.35. The molecule has 3 heteroatoms. The van der Waals surface area contributed by atoms with Crippen LogP contribution in [0.3, 0.4) is 0 Å². The van der Waals surface area contributed by atoms with Gasteiger partial charge < -0.3 is 0 Å². The van der Waals surface area contributed by atoms with E-state index < -0.39 is 0 Å². The van der Waals surface area contributed by atoms with Crippen molar-refractivity contribution in [3.8, 4) is 11.3 Å². The number of rotatable bonds is 2. The maximum atomic E-state index is 12.7. The molecule has 0 aliphatic carbocycles. The van der Waals surface area contributed by atoms with Crippen LogP contribution in [0.5, 0.6) is 0 Å². The normalized spacial score (nSPS) is 10.3. The zero-order valence-electron chi connectivity index (χ0n) is 8.27. The van der Waals surface area contributed by atoms with E-state index in [0.717, 1.165) is 16.8 Å². The van der Waals surface area contributed by atoms with Crippen LogP contribution >= 0.6 is 12.1 Å². The first-order chi connectivity index (χ1) is 7.31. The van der Waals surface area contributed by atoms with Crippen LogP contribution in [0.2, 0.25) is 0 Å². The van der Waals surface area contributed by atoms with E-state index in [4.69, 9.17) is 0 Å². The Morgan fingerprint density at radius 1 is 1.20 bits per heavy atom. The molecule has 0 bridgehead atoms. The fourth-order valence-corrected chi connectivity index (χ4v) is 1.91. The maximum absolute atomic E-state index is 12.7. The third kappa shape index (κ3) is 2.18. The molecule has 0 saturated carbocycles. The van der Waals surface area contributed by atoms with Crippen LogP contribution in [-0.4, -0.2) is 4.98 Å². The molecule has 0 aliphatic rings. The minimum absolute atomic E-state index is 0.264. The number of pyridine rings is 1. The van der Waals surface area contributed by atoms with Crippen LogP contribution in [-0.2, 0) is 0 Å². The fraction of sp³-hybridized carbons (Fsp3) is 0.0833. The first-order valence-electron chi connectivity index (χ1n) is 4.62.